The number of guanidine groups is 1. The van der Waals surface area contributed by atoms with E-state index in [1.54, 1.807) is 0 Å². The molecule has 26 heavy (non-hydrogen) atoms. The second-order valence-electron chi connectivity index (χ2n) is 7.01. The molecule has 0 atom stereocenters. The molecule has 0 amide bonds. The fourth-order valence-corrected chi connectivity index (χ4v) is 3.64. The number of nitrogens with one attached hydrogen (secondary N) is 1. The minimum atomic E-state index is 0.830. The molecular weight excluding hydrogens is 326 g/mol. The first-order valence-electron chi connectivity index (χ1n) is 10.1. The third kappa shape index (κ3) is 5.56. The first-order chi connectivity index (χ1) is 12.9. The van der Waals surface area contributed by atoms with Crippen molar-refractivity contribution >= 4 is 11.9 Å². The highest BCUT2D eigenvalue weighted by Crippen LogP contribution is 2.10. The first-order valence-corrected chi connectivity index (χ1v) is 10.1. The van der Waals surface area contributed by atoms with Crippen LogP contribution in [0, 0.1) is 0 Å². The van der Waals surface area contributed by atoms with E-state index in [9.17, 15) is 0 Å². The average Bonchev–Trinajstić information content (AvgIpc) is 3.21. The highest BCUT2D eigenvalue weighted by molar-refractivity contribution is 5.80. The quantitative estimate of drug-likeness (QED) is 0.452. The summed E-state index contributed by atoms with van der Waals surface area (Å²) in [6.45, 7) is 11.6. The van der Waals surface area contributed by atoms with E-state index >= 15 is 0 Å². The van der Waals surface area contributed by atoms with Crippen LogP contribution in [0.25, 0.3) is 0 Å². The zero-order valence-electron chi connectivity index (χ0n) is 16.1. The minimum absolute atomic E-state index is 0.830. The molecule has 3 rings (SSSR count). The van der Waals surface area contributed by atoms with Crippen molar-refractivity contribution in [3.05, 3.63) is 18.5 Å². The molecule has 1 aromatic rings. The van der Waals surface area contributed by atoms with Gasteiger partial charge in [0.1, 0.15) is 0 Å². The third-order valence-electron chi connectivity index (χ3n) is 5.09. The van der Waals surface area contributed by atoms with Crippen LogP contribution < -0.4 is 10.2 Å². The van der Waals surface area contributed by atoms with E-state index in [1.165, 1.54) is 45.3 Å². The summed E-state index contributed by atoms with van der Waals surface area (Å²) in [7, 11) is 0. The molecular formula is C19H33N7. The molecule has 144 valence electrons. The number of piperazine rings is 1. The number of nitrogens with zero attached hydrogens (tertiary/aromatic N) is 6. The lowest BCUT2D eigenvalue weighted by Crippen LogP contribution is -2.53. The molecule has 0 radical (unpaired) electrons. The fraction of sp³-hybridized carbons (Fsp3) is 0.737. The van der Waals surface area contributed by atoms with Crippen molar-refractivity contribution < 1.29 is 0 Å². The van der Waals surface area contributed by atoms with Gasteiger partial charge >= 0.3 is 0 Å². The molecule has 7 nitrogen and oxygen atoms in total. The topological polar surface area (TPSA) is 59.9 Å². The van der Waals surface area contributed by atoms with Crippen LogP contribution >= 0.6 is 0 Å². The molecule has 0 unspecified atom stereocenters. The summed E-state index contributed by atoms with van der Waals surface area (Å²) in [5, 5.41) is 3.45. The summed E-state index contributed by atoms with van der Waals surface area (Å²) in [5.41, 5.74) is 0. The predicted molar refractivity (Wildman–Crippen MR) is 107 cm³/mol. The number of anilines is 1. The molecule has 1 aromatic heterocycles. The van der Waals surface area contributed by atoms with Gasteiger partial charge in [-0.1, -0.05) is 0 Å². The van der Waals surface area contributed by atoms with Gasteiger partial charge in [-0.3, -0.25) is 4.99 Å². The number of unbranched alkanes of at least 4 members (excludes halogenated alkanes) is 1. The Labute approximate surface area is 157 Å². The molecule has 0 aromatic carbocycles. The molecule has 0 spiro atoms. The number of aliphatic imine (C=N–C) groups is 1. The molecule has 3 heterocycles. The lowest BCUT2D eigenvalue weighted by Gasteiger charge is -2.36. The molecule has 2 fully saturated rings. The summed E-state index contributed by atoms with van der Waals surface area (Å²) in [4.78, 5) is 20.8. The van der Waals surface area contributed by atoms with Gasteiger partial charge in [0, 0.05) is 51.7 Å². The van der Waals surface area contributed by atoms with Crippen LogP contribution in [0.3, 0.4) is 0 Å². The van der Waals surface area contributed by atoms with Gasteiger partial charge in [0.25, 0.3) is 0 Å². The molecule has 7 heteroatoms. The van der Waals surface area contributed by atoms with Crippen molar-refractivity contribution in [3.63, 3.8) is 0 Å². The molecule has 0 bridgehead atoms. The second kappa shape index (κ2) is 10.3. The number of rotatable bonds is 7. The number of likely N-dealkylation sites (tertiary alicyclic amines) is 1. The van der Waals surface area contributed by atoms with Gasteiger partial charge in [-0.2, -0.15) is 0 Å². The SMILES string of the molecule is CCNC(=NCCCCN1CCCC1)N1CCN(c2ncccn2)CC1. The van der Waals surface area contributed by atoms with E-state index in [1.807, 2.05) is 18.5 Å². The highest BCUT2D eigenvalue weighted by atomic mass is 15.4. The van der Waals surface area contributed by atoms with E-state index in [4.69, 9.17) is 4.99 Å². The van der Waals surface area contributed by atoms with Gasteiger partial charge < -0.3 is 20.0 Å². The summed E-state index contributed by atoms with van der Waals surface area (Å²) >= 11 is 0. The van der Waals surface area contributed by atoms with E-state index in [-0.39, 0.29) is 0 Å². The van der Waals surface area contributed by atoms with Crippen molar-refractivity contribution in [1.29, 1.82) is 0 Å². The minimum Gasteiger partial charge on any atom is -0.357 e. The van der Waals surface area contributed by atoms with Gasteiger partial charge in [0.05, 0.1) is 0 Å². The van der Waals surface area contributed by atoms with Gasteiger partial charge in [0.2, 0.25) is 5.95 Å². The normalized spacial score (nSPS) is 19.2. The van der Waals surface area contributed by atoms with Crippen LogP contribution in [0.1, 0.15) is 32.6 Å². The fourth-order valence-electron chi connectivity index (χ4n) is 3.64. The van der Waals surface area contributed by atoms with Crippen LogP contribution in [0.15, 0.2) is 23.5 Å². The van der Waals surface area contributed by atoms with Crippen LogP contribution in [0.4, 0.5) is 5.95 Å². The van der Waals surface area contributed by atoms with Crippen molar-refractivity contribution in [3.8, 4) is 0 Å². The zero-order valence-corrected chi connectivity index (χ0v) is 16.1. The Morgan fingerprint density at radius 3 is 2.46 bits per heavy atom. The smallest absolute Gasteiger partial charge is 0.225 e. The van der Waals surface area contributed by atoms with E-state index in [0.717, 1.165) is 51.2 Å². The highest BCUT2D eigenvalue weighted by Gasteiger charge is 2.21. The van der Waals surface area contributed by atoms with Crippen molar-refractivity contribution in [2.45, 2.75) is 32.6 Å². The summed E-state index contributed by atoms with van der Waals surface area (Å²) in [6, 6.07) is 1.86. The zero-order chi connectivity index (χ0) is 18.0. The van der Waals surface area contributed by atoms with Crippen LogP contribution in [-0.2, 0) is 0 Å². The molecule has 1 N–H and O–H groups in total. The first kappa shape index (κ1) is 18.9. The Morgan fingerprint density at radius 2 is 1.77 bits per heavy atom. The monoisotopic (exact) mass is 359 g/mol. The summed E-state index contributed by atoms with van der Waals surface area (Å²) < 4.78 is 0. The molecule has 2 saturated heterocycles. The Morgan fingerprint density at radius 1 is 1.04 bits per heavy atom. The van der Waals surface area contributed by atoms with Crippen molar-refractivity contribution in [2.24, 2.45) is 4.99 Å². The van der Waals surface area contributed by atoms with Gasteiger partial charge in [-0.15, -0.1) is 0 Å². The average molecular weight is 360 g/mol. The maximum Gasteiger partial charge on any atom is 0.225 e. The Bertz CT molecular complexity index is 534. The molecule has 0 aliphatic carbocycles. The summed E-state index contributed by atoms with van der Waals surface area (Å²) in [6.07, 6.45) is 8.79. The summed E-state index contributed by atoms with van der Waals surface area (Å²) in [5.74, 6) is 1.89. The van der Waals surface area contributed by atoms with Crippen molar-refractivity contribution in [2.75, 3.05) is 63.8 Å². The lowest BCUT2D eigenvalue weighted by molar-refractivity contribution is 0.330. The van der Waals surface area contributed by atoms with Crippen LogP contribution in [0.5, 0.6) is 0 Å². The third-order valence-corrected chi connectivity index (χ3v) is 5.09. The number of aromatic nitrogens is 2. The standard InChI is InChI=1S/C19H33N7/c1-2-20-18(21-8-3-4-11-24-12-5-6-13-24)25-14-16-26(17-15-25)19-22-9-7-10-23-19/h7,9-10H,2-6,8,11-17H2,1H3,(H,20,21). The maximum atomic E-state index is 4.86. The van der Waals surface area contributed by atoms with Crippen molar-refractivity contribution in [1.82, 2.24) is 25.1 Å². The van der Waals surface area contributed by atoms with Gasteiger partial charge in [-0.25, -0.2) is 9.97 Å². The van der Waals surface area contributed by atoms with E-state index < -0.39 is 0 Å². The molecule has 0 saturated carbocycles. The largest absolute Gasteiger partial charge is 0.357 e. The Kier molecular flexibility index (Phi) is 7.49. The van der Waals surface area contributed by atoms with Gasteiger partial charge in [0.15, 0.2) is 5.96 Å². The Balaban J connectivity index is 1.42. The van der Waals surface area contributed by atoms with Crippen LogP contribution in [-0.4, -0.2) is 84.6 Å². The Hall–Kier alpha value is -1.89. The second-order valence-corrected chi connectivity index (χ2v) is 7.01. The van der Waals surface area contributed by atoms with Gasteiger partial charge in [-0.05, 0) is 58.3 Å². The lowest BCUT2D eigenvalue weighted by atomic mass is 10.3. The van der Waals surface area contributed by atoms with E-state index in [0.29, 0.717) is 0 Å². The predicted octanol–water partition coefficient (Wildman–Crippen LogP) is 1.44. The maximum absolute atomic E-state index is 4.86. The molecule has 2 aliphatic rings. The number of hydrogen-bond donors (Lipinski definition) is 1. The molecule has 2 aliphatic heterocycles. The van der Waals surface area contributed by atoms with Crippen LogP contribution in [0.2, 0.25) is 0 Å². The van der Waals surface area contributed by atoms with E-state index in [2.05, 4.69) is 36.9 Å². The number of hydrogen-bond acceptors (Lipinski definition) is 5.